The van der Waals surface area contributed by atoms with Crippen LogP contribution in [0.1, 0.15) is 11.4 Å². The van der Waals surface area contributed by atoms with E-state index in [1.165, 1.54) is 0 Å². The zero-order chi connectivity index (χ0) is 13.0. The number of nitrogens with zero attached hydrogens (tertiary/aromatic N) is 2. The molecule has 0 radical (unpaired) electrons. The Labute approximate surface area is 104 Å². The van der Waals surface area contributed by atoms with Crippen LogP contribution in [-0.2, 0) is 22.3 Å². The van der Waals surface area contributed by atoms with Gasteiger partial charge < -0.3 is 10.3 Å². The standard InChI is InChI=1S/C10H12N4O3S/c11-9-3-1-2-8(4-9)6-18(15,16)13-5-10-12-7-17-14-10/h1-4,7,13H,5-6,11H2. The molecule has 0 atom stereocenters. The minimum atomic E-state index is -3.45. The van der Waals surface area contributed by atoms with E-state index in [9.17, 15) is 8.42 Å². The number of anilines is 1. The molecule has 0 saturated heterocycles. The van der Waals surface area contributed by atoms with Gasteiger partial charge in [-0.15, -0.1) is 0 Å². The molecule has 1 heterocycles. The summed E-state index contributed by atoms with van der Waals surface area (Å²) in [5, 5.41) is 3.51. The first kappa shape index (κ1) is 12.5. The fraction of sp³-hybridized carbons (Fsp3) is 0.200. The molecule has 0 spiro atoms. The molecule has 8 heteroatoms. The summed E-state index contributed by atoms with van der Waals surface area (Å²) in [6, 6.07) is 6.72. The molecular formula is C10H12N4O3S. The van der Waals surface area contributed by atoms with Crippen molar-refractivity contribution in [2.75, 3.05) is 5.73 Å². The summed E-state index contributed by atoms with van der Waals surface area (Å²) in [6.45, 7) is 0.00114. The van der Waals surface area contributed by atoms with Crippen molar-refractivity contribution in [2.24, 2.45) is 0 Å². The molecule has 0 saturated carbocycles. The molecule has 0 aliphatic rings. The second-order valence-electron chi connectivity index (χ2n) is 3.67. The fourth-order valence-corrected chi connectivity index (χ4v) is 2.47. The van der Waals surface area contributed by atoms with E-state index in [1.807, 2.05) is 0 Å². The second kappa shape index (κ2) is 5.15. The summed E-state index contributed by atoms with van der Waals surface area (Å²) >= 11 is 0. The Kier molecular flexibility index (Phi) is 3.58. The first-order valence-corrected chi connectivity index (χ1v) is 6.77. The third kappa shape index (κ3) is 3.54. The van der Waals surface area contributed by atoms with Crippen molar-refractivity contribution in [1.82, 2.24) is 14.9 Å². The zero-order valence-corrected chi connectivity index (χ0v) is 10.2. The van der Waals surface area contributed by atoms with Crippen molar-refractivity contribution in [3.63, 3.8) is 0 Å². The molecule has 0 aliphatic carbocycles. The Morgan fingerprint density at radius 3 is 2.89 bits per heavy atom. The molecule has 96 valence electrons. The number of benzene rings is 1. The normalized spacial score (nSPS) is 11.6. The van der Waals surface area contributed by atoms with Crippen LogP contribution in [0.15, 0.2) is 35.2 Å². The Bertz CT molecular complexity index is 610. The summed E-state index contributed by atoms with van der Waals surface area (Å²) in [6.07, 6.45) is 1.14. The largest absolute Gasteiger partial charge is 0.399 e. The lowest BCUT2D eigenvalue weighted by Gasteiger charge is -2.05. The van der Waals surface area contributed by atoms with Crippen LogP contribution in [0.3, 0.4) is 0 Å². The SMILES string of the molecule is Nc1cccc(CS(=O)(=O)NCc2ncon2)c1. The van der Waals surface area contributed by atoms with Gasteiger partial charge in [0.2, 0.25) is 16.4 Å². The average molecular weight is 268 g/mol. The van der Waals surface area contributed by atoms with E-state index >= 15 is 0 Å². The summed E-state index contributed by atoms with van der Waals surface area (Å²) in [4.78, 5) is 3.72. The van der Waals surface area contributed by atoms with E-state index in [0.29, 0.717) is 11.3 Å². The minimum Gasteiger partial charge on any atom is -0.399 e. The number of nitrogens with one attached hydrogen (secondary N) is 1. The molecule has 2 aromatic rings. The monoisotopic (exact) mass is 268 g/mol. The third-order valence-corrected chi connectivity index (χ3v) is 3.46. The molecule has 0 amide bonds. The Morgan fingerprint density at radius 1 is 1.39 bits per heavy atom. The van der Waals surface area contributed by atoms with E-state index in [-0.39, 0.29) is 18.1 Å². The van der Waals surface area contributed by atoms with Gasteiger partial charge in [0.25, 0.3) is 0 Å². The smallest absolute Gasteiger partial charge is 0.216 e. The summed E-state index contributed by atoms with van der Waals surface area (Å²) < 4.78 is 30.4. The highest BCUT2D eigenvalue weighted by Crippen LogP contribution is 2.09. The van der Waals surface area contributed by atoms with Crippen molar-refractivity contribution in [2.45, 2.75) is 12.3 Å². The van der Waals surface area contributed by atoms with Crippen LogP contribution in [0.5, 0.6) is 0 Å². The maximum absolute atomic E-state index is 11.8. The molecule has 3 N–H and O–H groups in total. The van der Waals surface area contributed by atoms with Crippen LogP contribution < -0.4 is 10.5 Å². The van der Waals surface area contributed by atoms with E-state index in [2.05, 4.69) is 19.4 Å². The maximum atomic E-state index is 11.8. The van der Waals surface area contributed by atoms with Gasteiger partial charge in [-0.05, 0) is 17.7 Å². The van der Waals surface area contributed by atoms with E-state index in [1.54, 1.807) is 24.3 Å². The van der Waals surface area contributed by atoms with Crippen molar-refractivity contribution >= 4 is 15.7 Å². The number of rotatable bonds is 5. The maximum Gasteiger partial charge on any atom is 0.216 e. The van der Waals surface area contributed by atoms with Gasteiger partial charge in [0, 0.05) is 5.69 Å². The summed E-state index contributed by atoms with van der Waals surface area (Å²) in [5.74, 6) is 0.141. The van der Waals surface area contributed by atoms with E-state index in [4.69, 9.17) is 5.73 Å². The lowest BCUT2D eigenvalue weighted by Crippen LogP contribution is -2.25. The molecule has 7 nitrogen and oxygen atoms in total. The number of sulfonamides is 1. The molecule has 1 aromatic heterocycles. The molecule has 0 aliphatic heterocycles. The second-order valence-corrected chi connectivity index (χ2v) is 5.48. The van der Waals surface area contributed by atoms with Gasteiger partial charge in [-0.2, -0.15) is 4.98 Å². The molecule has 0 bridgehead atoms. The minimum absolute atomic E-state index is 0.00114. The predicted molar refractivity (Wildman–Crippen MR) is 64.6 cm³/mol. The van der Waals surface area contributed by atoms with Crippen LogP contribution >= 0.6 is 0 Å². The quantitative estimate of drug-likeness (QED) is 0.753. The molecule has 1 aromatic carbocycles. The van der Waals surface area contributed by atoms with Gasteiger partial charge >= 0.3 is 0 Å². The van der Waals surface area contributed by atoms with Crippen LogP contribution in [0, 0.1) is 0 Å². The van der Waals surface area contributed by atoms with E-state index < -0.39 is 10.0 Å². The van der Waals surface area contributed by atoms with Crippen LogP contribution in [0.2, 0.25) is 0 Å². The van der Waals surface area contributed by atoms with Crippen molar-refractivity contribution in [3.8, 4) is 0 Å². The van der Waals surface area contributed by atoms with Gasteiger partial charge in [0.15, 0.2) is 5.82 Å². The highest BCUT2D eigenvalue weighted by molar-refractivity contribution is 7.88. The summed E-state index contributed by atoms with van der Waals surface area (Å²) in [5.41, 5.74) is 6.73. The van der Waals surface area contributed by atoms with Gasteiger partial charge in [0.05, 0.1) is 12.3 Å². The van der Waals surface area contributed by atoms with Gasteiger partial charge in [-0.3, -0.25) is 0 Å². The van der Waals surface area contributed by atoms with Crippen molar-refractivity contribution < 1.29 is 12.9 Å². The molecule has 0 unspecified atom stereocenters. The number of hydrogen-bond acceptors (Lipinski definition) is 6. The molecule has 2 rings (SSSR count). The first-order chi connectivity index (χ1) is 8.55. The van der Waals surface area contributed by atoms with Crippen LogP contribution in [-0.4, -0.2) is 18.6 Å². The lowest BCUT2D eigenvalue weighted by molar-refractivity contribution is 0.409. The Balaban J connectivity index is 1.99. The first-order valence-electron chi connectivity index (χ1n) is 5.12. The third-order valence-electron chi connectivity index (χ3n) is 2.16. The number of nitrogens with two attached hydrogens (primary N) is 1. The average Bonchev–Trinajstić information content (AvgIpc) is 2.78. The zero-order valence-electron chi connectivity index (χ0n) is 9.41. The van der Waals surface area contributed by atoms with Crippen molar-refractivity contribution in [1.29, 1.82) is 0 Å². The molecular weight excluding hydrogens is 256 g/mol. The fourth-order valence-electron chi connectivity index (χ4n) is 1.40. The topological polar surface area (TPSA) is 111 Å². The number of hydrogen-bond donors (Lipinski definition) is 2. The van der Waals surface area contributed by atoms with E-state index in [0.717, 1.165) is 6.39 Å². The van der Waals surface area contributed by atoms with Gasteiger partial charge in [-0.25, -0.2) is 13.1 Å². The molecule has 0 fully saturated rings. The number of nitrogen functional groups attached to an aromatic ring is 1. The highest BCUT2D eigenvalue weighted by Gasteiger charge is 2.12. The van der Waals surface area contributed by atoms with Crippen LogP contribution in [0.25, 0.3) is 0 Å². The lowest BCUT2D eigenvalue weighted by atomic mass is 10.2. The Hall–Kier alpha value is -1.93. The van der Waals surface area contributed by atoms with Gasteiger partial charge in [0.1, 0.15) is 0 Å². The summed E-state index contributed by atoms with van der Waals surface area (Å²) in [7, 11) is -3.45. The number of aromatic nitrogens is 2. The van der Waals surface area contributed by atoms with Crippen LogP contribution in [0.4, 0.5) is 5.69 Å². The molecule has 18 heavy (non-hydrogen) atoms. The Morgan fingerprint density at radius 2 is 2.22 bits per heavy atom. The van der Waals surface area contributed by atoms with Crippen molar-refractivity contribution in [3.05, 3.63) is 42.0 Å². The van der Waals surface area contributed by atoms with Gasteiger partial charge in [-0.1, -0.05) is 17.3 Å². The predicted octanol–water partition coefficient (Wildman–Crippen LogP) is 0.271. The highest BCUT2D eigenvalue weighted by atomic mass is 32.2.